The molecule has 0 aromatic carbocycles. The molecule has 0 radical (unpaired) electrons. The highest BCUT2D eigenvalue weighted by molar-refractivity contribution is 8.15. The molecule has 1 heterocycles. The van der Waals surface area contributed by atoms with Gasteiger partial charge in [0.15, 0.2) is 11.2 Å². The Hall–Kier alpha value is -1.57. The molecule has 7 nitrogen and oxygen atoms in total. The van der Waals surface area contributed by atoms with E-state index in [0.717, 1.165) is 17.5 Å². The number of amidine groups is 1. The quantitative estimate of drug-likeness (QED) is 0.462. The van der Waals surface area contributed by atoms with Crippen molar-refractivity contribution >= 4 is 34.6 Å². The van der Waals surface area contributed by atoms with Crippen LogP contribution in [0.15, 0.2) is 10.1 Å². The number of carbonyl (C=O) groups excluding carboxylic acids is 2. The van der Waals surface area contributed by atoms with E-state index in [1.54, 1.807) is 13.8 Å². The lowest BCUT2D eigenvalue weighted by atomic mass is 10.2. The second kappa shape index (κ2) is 7.88. The molecular formula is C12H19N3O4S. The van der Waals surface area contributed by atoms with E-state index in [9.17, 15) is 9.59 Å². The molecule has 0 bridgehead atoms. The van der Waals surface area contributed by atoms with Gasteiger partial charge >= 0.3 is 11.9 Å². The van der Waals surface area contributed by atoms with Gasteiger partial charge in [0.25, 0.3) is 0 Å². The van der Waals surface area contributed by atoms with Crippen LogP contribution >= 0.6 is 11.8 Å². The minimum absolute atomic E-state index is 0.236. The first-order valence-electron chi connectivity index (χ1n) is 6.34. The number of ether oxygens (including phenoxy) is 2. The van der Waals surface area contributed by atoms with Crippen molar-refractivity contribution in [1.29, 1.82) is 0 Å². The maximum atomic E-state index is 11.9. The number of carbonyl (C=O) groups is 2. The first-order valence-corrected chi connectivity index (χ1v) is 7.22. The minimum Gasteiger partial charge on any atom is -0.465 e. The Morgan fingerprint density at radius 3 is 2.40 bits per heavy atom. The van der Waals surface area contributed by atoms with Crippen molar-refractivity contribution in [3.63, 3.8) is 0 Å². The van der Waals surface area contributed by atoms with Crippen LogP contribution in [0.4, 0.5) is 0 Å². The summed E-state index contributed by atoms with van der Waals surface area (Å²) in [5.41, 5.74) is 3.53. The third kappa shape index (κ3) is 4.52. The number of hydrogen-bond acceptors (Lipinski definition) is 8. The molecule has 0 fully saturated rings. The van der Waals surface area contributed by atoms with Gasteiger partial charge in [0.1, 0.15) is 5.25 Å². The van der Waals surface area contributed by atoms with Gasteiger partial charge < -0.3 is 9.47 Å². The average molecular weight is 301 g/mol. The van der Waals surface area contributed by atoms with Crippen molar-refractivity contribution < 1.29 is 19.1 Å². The summed E-state index contributed by atoms with van der Waals surface area (Å²) in [4.78, 5) is 27.8. The van der Waals surface area contributed by atoms with Crippen molar-refractivity contribution in [1.82, 2.24) is 5.43 Å². The van der Waals surface area contributed by atoms with Crippen molar-refractivity contribution in [3.05, 3.63) is 0 Å². The molecule has 0 aromatic rings. The smallest absolute Gasteiger partial charge is 0.332 e. The Morgan fingerprint density at radius 2 is 1.85 bits per heavy atom. The number of aliphatic imine (C=N–C) groups is 1. The molecular weight excluding hydrogens is 282 g/mol. The van der Waals surface area contributed by atoms with Crippen LogP contribution in [0.5, 0.6) is 0 Å². The number of rotatable bonds is 5. The molecule has 1 aliphatic rings. The van der Waals surface area contributed by atoms with Crippen molar-refractivity contribution in [2.24, 2.45) is 10.1 Å². The first-order chi connectivity index (χ1) is 9.49. The summed E-state index contributed by atoms with van der Waals surface area (Å²) in [6.07, 6.45) is 0. The number of nitrogens with one attached hydrogen (secondary N) is 1. The Labute approximate surface area is 122 Å². The molecule has 0 aromatic heterocycles. The van der Waals surface area contributed by atoms with Crippen LogP contribution in [0.1, 0.15) is 27.7 Å². The predicted molar refractivity (Wildman–Crippen MR) is 77.8 cm³/mol. The Bertz CT molecular complexity index is 432. The van der Waals surface area contributed by atoms with Crippen LogP contribution in [0.3, 0.4) is 0 Å². The van der Waals surface area contributed by atoms with Crippen molar-refractivity contribution in [2.45, 2.75) is 39.0 Å². The lowest BCUT2D eigenvalue weighted by Crippen LogP contribution is -2.36. The summed E-state index contributed by atoms with van der Waals surface area (Å²) in [5, 5.41) is 3.67. The molecule has 0 amide bonds. The monoisotopic (exact) mass is 301 g/mol. The van der Waals surface area contributed by atoms with Gasteiger partial charge in [0.05, 0.1) is 13.2 Å². The van der Waals surface area contributed by atoms with Crippen LogP contribution in [-0.4, -0.2) is 47.3 Å². The third-order valence-electron chi connectivity index (χ3n) is 2.20. The Balaban J connectivity index is 2.82. The van der Waals surface area contributed by atoms with E-state index >= 15 is 0 Å². The van der Waals surface area contributed by atoms with E-state index in [1.165, 1.54) is 0 Å². The van der Waals surface area contributed by atoms with Crippen LogP contribution < -0.4 is 5.43 Å². The molecule has 0 aliphatic carbocycles. The van der Waals surface area contributed by atoms with E-state index in [1.807, 2.05) is 13.8 Å². The number of nitrogens with zero attached hydrogens (tertiary/aromatic N) is 2. The van der Waals surface area contributed by atoms with Gasteiger partial charge in [-0.25, -0.2) is 9.79 Å². The average Bonchev–Trinajstić information content (AvgIpc) is 2.81. The predicted octanol–water partition coefficient (Wildman–Crippen LogP) is 0.938. The summed E-state index contributed by atoms with van der Waals surface area (Å²) in [7, 11) is 0. The SMILES string of the molecule is CCOC(=O)[C@@H]1N=C(NN=C(C)C)S[C@H]1C(=O)OCC. The second-order valence-corrected chi connectivity index (χ2v) is 5.22. The zero-order chi connectivity index (χ0) is 15.1. The van der Waals surface area contributed by atoms with E-state index in [2.05, 4.69) is 15.5 Å². The summed E-state index contributed by atoms with van der Waals surface area (Å²) in [5.74, 6) is -1.01. The largest absolute Gasteiger partial charge is 0.465 e. The van der Waals surface area contributed by atoms with Gasteiger partial charge in [0, 0.05) is 5.71 Å². The van der Waals surface area contributed by atoms with Gasteiger partial charge in [-0.1, -0.05) is 11.8 Å². The zero-order valence-electron chi connectivity index (χ0n) is 12.0. The van der Waals surface area contributed by atoms with Gasteiger partial charge in [-0.2, -0.15) is 5.10 Å². The van der Waals surface area contributed by atoms with Gasteiger partial charge in [-0.15, -0.1) is 0 Å². The molecule has 0 saturated carbocycles. The maximum absolute atomic E-state index is 11.9. The van der Waals surface area contributed by atoms with E-state index in [4.69, 9.17) is 9.47 Å². The zero-order valence-corrected chi connectivity index (χ0v) is 12.8. The molecule has 8 heteroatoms. The van der Waals surface area contributed by atoms with Gasteiger partial charge in [-0.3, -0.25) is 10.2 Å². The van der Waals surface area contributed by atoms with Gasteiger partial charge in [0.2, 0.25) is 0 Å². The maximum Gasteiger partial charge on any atom is 0.332 e. The number of thioether (sulfide) groups is 1. The fourth-order valence-electron chi connectivity index (χ4n) is 1.43. The summed E-state index contributed by atoms with van der Waals surface area (Å²) >= 11 is 1.12. The second-order valence-electron chi connectivity index (χ2n) is 4.09. The van der Waals surface area contributed by atoms with Gasteiger partial charge in [-0.05, 0) is 27.7 Å². The molecule has 0 spiro atoms. The fraction of sp³-hybridized carbons (Fsp3) is 0.667. The lowest BCUT2D eigenvalue weighted by Gasteiger charge is -2.13. The van der Waals surface area contributed by atoms with Crippen LogP contribution in [0.25, 0.3) is 0 Å². The lowest BCUT2D eigenvalue weighted by molar-refractivity contribution is -0.150. The Morgan fingerprint density at radius 1 is 1.25 bits per heavy atom. The molecule has 112 valence electrons. The number of esters is 2. The highest BCUT2D eigenvalue weighted by atomic mass is 32.2. The molecule has 1 aliphatic heterocycles. The number of hydrazone groups is 1. The Kier molecular flexibility index (Phi) is 6.50. The van der Waals surface area contributed by atoms with E-state index < -0.39 is 23.2 Å². The topological polar surface area (TPSA) is 89.4 Å². The van der Waals surface area contributed by atoms with Crippen LogP contribution in [0, 0.1) is 0 Å². The van der Waals surface area contributed by atoms with Crippen LogP contribution in [0.2, 0.25) is 0 Å². The third-order valence-corrected chi connectivity index (χ3v) is 3.33. The molecule has 1 N–H and O–H groups in total. The normalized spacial score (nSPS) is 20.9. The van der Waals surface area contributed by atoms with E-state index in [0.29, 0.717) is 5.17 Å². The highest BCUT2D eigenvalue weighted by Crippen LogP contribution is 2.28. The van der Waals surface area contributed by atoms with Crippen molar-refractivity contribution in [2.75, 3.05) is 13.2 Å². The minimum atomic E-state index is -0.895. The summed E-state index contributed by atoms with van der Waals surface area (Å²) < 4.78 is 9.88. The molecule has 0 unspecified atom stereocenters. The standard InChI is InChI=1S/C12H19N3O4S/c1-5-18-10(16)8-9(11(17)19-6-2)20-12(13-8)15-14-7(3)4/h8-9H,5-6H2,1-4H3,(H,13,15)/t8-,9-/m1/s1. The number of hydrogen-bond donors (Lipinski definition) is 1. The summed E-state index contributed by atoms with van der Waals surface area (Å²) in [6, 6.07) is -0.895. The molecule has 0 saturated heterocycles. The molecule has 20 heavy (non-hydrogen) atoms. The first kappa shape index (κ1) is 16.5. The molecule has 2 atom stereocenters. The van der Waals surface area contributed by atoms with E-state index in [-0.39, 0.29) is 13.2 Å². The van der Waals surface area contributed by atoms with Crippen molar-refractivity contribution in [3.8, 4) is 0 Å². The highest BCUT2D eigenvalue weighted by Gasteiger charge is 2.42. The molecule has 1 rings (SSSR count). The fourth-order valence-corrected chi connectivity index (χ4v) is 2.41. The summed E-state index contributed by atoms with van der Waals surface area (Å²) in [6.45, 7) is 7.53. The van der Waals surface area contributed by atoms with Crippen LogP contribution in [-0.2, 0) is 19.1 Å².